The SMILES string of the molecule is CC(C)c1ccccc1C1CN(C(=O)O)CCC1C(=O)N(C)Cc1cc(C(F)(F)F)cc(C(F)(F)F)c1. The largest absolute Gasteiger partial charge is 0.465 e. The van der Waals surface area contributed by atoms with Crippen LogP contribution < -0.4 is 0 Å². The summed E-state index contributed by atoms with van der Waals surface area (Å²) in [5.74, 6) is -1.62. The first kappa shape index (κ1) is 28.3. The number of benzene rings is 2. The summed E-state index contributed by atoms with van der Waals surface area (Å²) in [6, 6.07) is 8.61. The average Bonchev–Trinajstić information content (AvgIpc) is 2.81. The van der Waals surface area contributed by atoms with Crippen molar-refractivity contribution in [3.8, 4) is 0 Å². The first-order valence-corrected chi connectivity index (χ1v) is 11.7. The molecule has 1 fully saturated rings. The Labute approximate surface area is 210 Å². The summed E-state index contributed by atoms with van der Waals surface area (Å²) >= 11 is 0. The van der Waals surface area contributed by atoms with Crippen LogP contribution in [-0.2, 0) is 23.7 Å². The van der Waals surface area contributed by atoms with Crippen molar-refractivity contribution in [2.45, 2.75) is 51.0 Å². The van der Waals surface area contributed by atoms with Crippen LogP contribution in [0.2, 0.25) is 0 Å². The smallest absolute Gasteiger partial charge is 0.416 e. The molecule has 1 heterocycles. The summed E-state index contributed by atoms with van der Waals surface area (Å²) < 4.78 is 79.6. The molecule has 0 saturated carbocycles. The molecule has 0 radical (unpaired) electrons. The Morgan fingerprint density at radius 3 is 2.11 bits per heavy atom. The Hall–Kier alpha value is -3.24. The van der Waals surface area contributed by atoms with Crippen molar-refractivity contribution < 1.29 is 41.0 Å². The van der Waals surface area contributed by atoms with Crippen LogP contribution in [0, 0.1) is 5.92 Å². The van der Waals surface area contributed by atoms with E-state index in [1.165, 1.54) is 11.9 Å². The summed E-state index contributed by atoms with van der Waals surface area (Å²) in [6.45, 7) is 3.59. The maximum absolute atomic E-state index is 13.5. The van der Waals surface area contributed by atoms with Crippen molar-refractivity contribution in [1.29, 1.82) is 0 Å². The zero-order chi connectivity index (χ0) is 27.7. The molecule has 202 valence electrons. The van der Waals surface area contributed by atoms with E-state index in [1.807, 2.05) is 32.0 Å². The van der Waals surface area contributed by atoms with Crippen molar-refractivity contribution in [2.24, 2.45) is 5.92 Å². The molecule has 0 aromatic heterocycles. The molecule has 2 aromatic carbocycles. The molecule has 11 heteroatoms. The number of amides is 2. The monoisotopic (exact) mass is 530 g/mol. The predicted molar refractivity (Wildman–Crippen MR) is 124 cm³/mol. The molecule has 2 aromatic rings. The molecule has 0 aliphatic carbocycles. The molecule has 2 amide bonds. The quantitative estimate of drug-likeness (QED) is 0.444. The number of likely N-dealkylation sites (tertiary alicyclic amines) is 1. The summed E-state index contributed by atoms with van der Waals surface area (Å²) in [6.07, 6.45) is -10.9. The van der Waals surface area contributed by atoms with E-state index < -0.39 is 53.9 Å². The number of nitrogens with zero attached hydrogens (tertiary/aromatic N) is 2. The van der Waals surface area contributed by atoms with E-state index in [1.54, 1.807) is 6.07 Å². The molecule has 0 bridgehead atoms. The Balaban J connectivity index is 1.94. The van der Waals surface area contributed by atoms with Crippen molar-refractivity contribution in [3.05, 3.63) is 70.3 Å². The van der Waals surface area contributed by atoms with Gasteiger partial charge in [0.1, 0.15) is 0 Å². The van der Waals surface area contributed by atoms with Crippen LogP contribution in [0.25, 0.3) is 0 Å². The molecule has 2 unspecified atom stereocenters. The van der Waals surface area contributed by atoms with Gasteiger partial charge in [-0.05, 0) is 47.2 Å². The number of carboxylic acid groups (broad SMARTS) is 1. The Morgan fingerprint density at radius 1 is 1.03 bits per heavy atom. The summed E-state index contributed by atoms with van der Waals surface area (Å²) in [5.41, 5.74) is -1.46. The van der Waals surface area contributed by atoms with E-state index in [9.17, 15) is 41.0 Å². The Bertz CT molecular complexity index is 1110. The second-order valence-electron chi connectivity index (χ2n) is 9.62. The average molecular weight is 531 g/mol. The highest BCUT2D eigenvalue weighted by molar-refractivity contribution is 5.80. The van der Waals surface area contributed by atoms with Gasteiger partial charge >= 0.3 is 18.4 Å². The molecular weight excluding hydrogens is 502 g/mol. The summed E-state index contributed by atoms with van der Waals surface area (Å²) in [5, 5.41) is 9.54. The van der Waals surface area contributed by atoms with Crippen molar-refractivity contribution in [3.63, 3.8) is 0 Å². The van der Waals surface area contributed by atoms with Crippen LogP contribution in [-0.4, -0.2) is 47.0 Å². The molecular formula is C26H28F6N2O3. The summed E-state index contributed by atoms with van der Waals surface area (Å²) in [7, 11) is 1.32. The maximum atomic E-state index is 13.5. The molecule has 3 rings (SSSR count). The fourth-order valence-electron chi connectivity index (χ4n) is 4.86. The van der Waals surface area contributed by atoms with E-state index >= 15 is 0 Å². The van der Waals surface area contributed by atoms with Crippen LogP contribution in [0.1, 0.15) is 59.9 Å². The molecule has 1 aliphatic rings. The molecule has 5 nitrogen and oxygen atoms in total. The van der Waals surface area contributed by atoms with Crippen LogP contribution >= 0.6 is 0 Å². The number of piperidine rings is 1. The molecule has 1 N–H and O–H groups in total. The number of halogens is 6. The number of rotatable bonds is 5. The number of hydrogen-bond acceptors (Lipinski definition) is 2. The van der Waals surface area contributed by atoms with Crippen LogP contribution in [0.3, 0.4) is 0 Å². The van der Waals surface area contributed by atoms with Gasteiger partial charge in [0.05, 0.1) is 11.1 Å². The van der Waals surface area contributed by atoms with Crippen LogP contribution in [0.15, 0.2) is 42.5 Å². The number of carbonyl (C=O) groups is 2. The third kappa shape index (κ3) is 6.56. The van der Waals surface area contributed by atoms with E-state index in [0.717, 1.165) is 16.0 Å². The highest BCUT2D eigenvalue weighted by Crippen LogP contribution is 2.39. The lowest BCUT2D eigenvalue weighted by Crippen LogP contribution is -2.47. The van der Waals surface area contributed by atoms with Crippen molar-refractivity contribution >= 4 is 12.0 Å². The second kappa shape index (κ2) is 10.6. The minimum absolute atomic E-state index is 0.0467. The second-order valence-corrected chi connectivity index (χ2v) is 9.62. The van der Waals surface area contributed by atoms with Crippen molar-refractivity contribution in [2.75, 3.05) is 20.1 Å². The number of hydrogen-bond donors (Lipinski definition) is 1. The van der Waals surface area contributed by atoms with E-state index in [2.05, 4.69) is 0 Å². The lowest BCUT2D eigenvalue weighted by Gasteiger charge is -2.39. The van der Waals surface area contributed by atoms with Crippen LogP contribution in [0.5, 0.6) is 0 Å². The van der Waals surface area contributed by atoms with Gasteiger partial charge in [-0.3, -0.25) is 4.79 Å². The topological polar surface area (TPSA) is 60.9 Å². The van der Waals surface area contributed by atoms with Gasteiger partial charge in [0.25, 0.3) is 0 Å². The van der Waals surface area contributed by atoms with E-state index in [0.29, 0.717) is 12.1 Å². The lowest BCUT2D eigenvalue weighted by molar-refractivity contribution is -0.143. The fourth-order valence-corrected chi connectivity index (χ4v) is 4.86. The van der Waals surface area contributed by atoms with Gasteiger partial charge in [-0.15, -0.1) is 0 Å². The number of alkyl halides is 6. The van der Waals surface area contributed by atoms with Gasteiger partial charge < -0.3 is 14.9 Å². The maximum Gasteiger partial charge on any atom is 0.416 e. The summed E-state index contributed by atoms with van der Waals surface area (Å²) in [4.78, 5) is 27.5. The van der Waals surface area contributed by atoms with Crippen molar-refractivity contribution in [1.82, 2.24) is 9.80 Å². The zero-order valence-corrected chi connectivity index (χ0v) is 20.5. The van der Waals surface area contributed by atoms with Gasteiger partial charge in [0, 0.05) is 38.5 Å². The first-order chi connectivity index (χ1) is 17.1. The third-order valence-corrected chi connectivity index (χ3v) is 6.66. The third-order valence-electron chi connectivity index (χ3n) is 6.66. The Kier molecular flexibility index (Phi) is 8.14. The molecule has 0 spiro atoms. The Morgan fingerprint density at radius 2 is 1.59 bits per heavy atom. The zero-order valence-electron chi connectivity index (χ0n) is 20.5. The molecule has 37 heavy (non-hydrogen) atoms. The van der Waals surface area contributed by atoms with E-state index in [-0.39, 0.29) is 37.1 Å². The van der Waals surface area contributed by atoms with E-state index in [4.69, 9.17) is 0 Å². The predicted octanol–water partition coefficient (Wildman–Crippen LogP) is 6.59. The lowest BCUT2D eigenvalue weighted by atomic mass is 9.76. The minimum Gasteiger partial charge on any atom is -0.465 e. The van der Waals surface area contributed by atoms with Gasteiger partial charge in [-0.1, -0.05) is 38.1 Å². The van der Waals surface area contributed by atoms with Gasteiger partial charge in [0.15, 0.2) is 0 Å². The standard InChI is InChI=1S/C26H28F6N2O3/c1-15(2)19-6-4-5-7-20(19)22-14-34(24(36)37)9-8-21(22)23(35)33(3)13-16-10-17(25(27,28)29)12-18(11-16)26(30,31)32/h4-7,10-12,15,21-22H,8-9,13-14H2,1-3H3,(H,36,37). The molecule has 1 saturated heterocycles. The van der Waals surface area contributed by atoms with Gasteiger partial charge in [-0.2, -0.15) is 26.3 Å². The first-order valence-electron chi connectivity index (χ1n) is 11.7. The number of carbonyl (C=O) groups excluding carboxylic acids is 1. The van der Waals surface area contributed by atoms with Crippen LogP contribution in [0.4, 0.5) is 31.1 Å². The van der Waals surface area contributed by atoms with Gasteiger partial charge in [-0.25, -0.2) is 4.79 Å². The molecule has 1 aliphatic heterocycles. The fraction of sp³-hybridized carbons (Fsp3) is 0.462. The molecule has 2 atom stereocenters. The highest BCUT2D eigenvalue weighted by Gasteiger charge is 2.40. The highest BCUT2D eigenvalue weighted by atomic mass is 19.4. The normalized spacial score (nSPS) is 18.7. The minimum atomic E-state index is -4.99. The van der Waals surface area contributed by atoms with Gasteiger partial charge in [0.2, 0.25) is 5.91 Å².